The Bertz CT molecular complexity index is 258. The molecule has 0 radical (unpaired) electrons. The number of halogens is 3. The summed E-state index contributed by atoms with van der Waals surface area (Å²) in [6, 6.07) is 0. The van der Waals surface area contributed by atoms with E-state index in [1.165, 1.54) is 0 Å². The molecule has 0 aromatic heterocycles. The van der Waals surface area contributed by atoms with E-state index in [9.17, 15) is 13.2 Å². The van der Waals surface area contributed by atoms with Crippen LogP contribution >= 0.6 is 6.49 Å². The van der Waals surface area contributed by atoms with Gasteiger partial charge >= 0.3 is 6.18 Å². The maximum absolute atomic E-state index is 12.1. The van der Waals surface area contributed by atoms with E-state index in [1.54, 1.807) is 6.92 Å². The summed E-state index contributed by atoms with van der Waals surface area (Å²) >= 11 is 5.17. The van der Waals surface area contributed by atoms with Crippen LogP contribution in [0.2, 0.25) is 0 Å². The van der Waals surface area contributed by atoms with Gasteiger partial charge in [-0.15, -0.1) is 0 Å². The molecular formula is C10H20F3O2PS. The predicted molar refractivity (Wildman–Crippen MR) is 66.9 cm³/mol. The molecule has 7 heteroatoms. The highest BCUT2D eigenvalue weighted by Crippen LogP contribution is 2.55. The molecule has 0 N–H and O–H groups in total. The van der Waals surface area contributed by atoms with Crippen LogP contribution in [0, 0.1) is 0 Å². The van der Waals surface area contributed by atoms with Crippen LogP contribution in [-0.2, 0) is 20.9 Å². The summed E-state index contributed by atoms with van der Waals surface area (Å²) in [4.78, 5) is 0. The molecule has 0 heterocycles. The molecule has 0 rings (SSSR count). The van der Waals surface area contributed by atoms with Gasteiger partial charge in [-0.1, -0.05) is 27.2 Å². The highest BCUT2D eigenvalue weighted by molar-refractivity contribution is 8.10. The highest BCUT2D eigenvalue weighted by atomic mass is 32.5. The standard InChI is InChI=1S/C10H20F3O2PS/c1-4-6-7-14-16(17,9(3)5-2)15-8-10(11,12)13/h9H,4-8H2,1-3H3. The summed E-state index contributed by atoms with van der Waals surface area (Å²) in [6.45, 7) is 1.86. The number of unbranched alkanes of at least 4 members (excludes halogenated alkanes) is 1. The lowest BCUT2D eigenvalue weighted by Gasteiger charge is -2.27. The summed E-state index contributed by atoms with van der Waals surface area (Å²) in [5, 5.41) is 0. The number of alkyl halides is 3. The van der Waals surface area contributed by atoms with Gasteiger partial charge in [0.2, 0.25) is 0 Å². The summed E-state index contributed by atoms with van der Waals surface area (Å²) < 4.78 is 46.7. The zero-order valence-electron chi connectivity index (χ0n) is 10.4. The van der Waals surface area contributed by atoms with Crippen LogP contribution in [0.15, 0.2) is 0 Å². The zero-order valence-corrected chi connectivity index (χ0v) is 12.1. The Morgan fingerprint density at radius 3 is 2.24 bits per heavy atom. The molecule has 0 saturated heterocycles. The van der Waals surface area contributed by atoms with Crippen molar-refractivity contribution in [3.8, 4) is 0 Å². The van der Waals surface area contributed by atoms with Crippen LogP contribution in [0.5, 0.6) is 0 Å². The lowest BCUT2D eigenvalue weighted by molar-refractivity contribution is -0.154. The molecule has 0 spiro atoms. The number of hydrogen-bond acceptors (Lipinski definition) is 3. The molecule has 0 aromatic rings. The Labute approximate surface area is 106 Å². The zero-order chi connectivity index (χ0) is 13.5. The van der Waals surface area contributed by atoms with Gasteiger partial charge in [0.25, 0.3) is 0 Å². The molecule has 0 aliphatic rings. The van der Waals surface area contributed by atoms with Gasteiger partial charge < -0.3 is 9.05 Å². The molecule has 2 unspecified atom stereocenters. The molecule has 0 bridgehead atoms. The number of rotatable bonds is 8. The van der Waals surface area contributed by atoms with Crippen molar-refractivity contribution in [1.82, 2.24) is 0 Å². The minimum atomic E-state index is -4.36. The van der Waals surface area contributed by atoms with Gasteiger partial charge in [-0.2, -0.15) is 13.2 Å². The van der Waals surface area contributed by atoms with Crippen LogP contribution in [0.3, 0.4) is 0 Å². The summed E-state index contributed by atoms with van der Waals surface area (Å²) in [5.41, 5.74) is -0.156. The fourth-order valence-electron chi connectivity index (χ4n) is 1.01. The Balaban J connectivity index is 4.45. The van der Waals surface area contributed by atoms with Gasteiger partial charge in [-0.05, 0) is 24.6 Å². The van der Waals surface area contributed by atoms with Crippen molar-refractivity contribution in [1.29, 1.82) is 0 Å². The molecule has 0 saturated carbocycles. The molecule has 0 aromatic carbocycles. The monoisotopic (exact) mass is 292 g/mol. The Morgan fingerprint density at radius 2 is 1.82 bits per heavy atom. The molecule has 2 atom stereocenters. The van der Waals surface area contributed by atoms with Crippen LogP contribution in [0.1, 0.15) is 40.0 Å². The van der Waals surface area contributed by atoms with Crippen molar-refractivity contribution in [3.05, 3.63) is 0 Å². The third kappa shape index (κ3) is 7.39. The van der Waals surface area contributed by atoms with E-state index in [0.29, 0.717) is 13.0 Å². The van der Waals surface area contributed by atoms with E-state index in [1.807, 2.05) is 13.8 Å². The van der Waals surface area contributed by atoms with Gasteiger partial charge in [0.1, 0.15) is 6.61 Å². The first kappa shape index (κ1) is 17.4. The van der Waals surface area contributed by atoms with Crippen molar-refractivity contribution in [2.75, 3.05) is 13.2 Å². The summed E-state index contributed by atoms with van der Waals surface area (Å²) in [6.07, 6.45) is -2.01. The van der Waals surface area contributed by atoms with E-state index in [-0.39, 0.29) is 5.66 Å². The van der Waals surface area contributed by atoms with Crippen LogP contribution < -0.4 is 0 Å². The SMILES string of the molecule is CCCCOP(=S)(OCC(F)(F)F)C(C)CC. The van der Waals surface area contributed by atoms with Crippen LogP contribution in [0.4, 0.5) is 13.2 Å². The predicted octanol–water partition coefficient (Wildman–Crippen LogP) is 4.49. The van der Waals surface area contributed by atoms with E-state index < -0.39 is 19.3 Å². The minimum absolute atomic E-state index is 0.156. The fourth-order valence-corrected chi connectivity index (χ4v) is 3.58. The van der Waals surface area contributed by atoms with Gasteiger partial charge in [-0.3, -0.25) is 0 Å². The molecule has 0 aliphatic heterocycles. The third-order valence-electron chi connectivity index (χ3n) is 2.31. The topological polar surface area (TPSA) is 18.5 Å². The fraction of sp³-hybridized carbons (Fsp3) is 1.00. The van der Waals surface area contributed by atoms with Gasteiger partial charge in [0, 0.05) is 5.66 Å². The largest absolute Gasteiger partial charge is 0.412 e. The summed E-state index contributed by atoms with van der Waals surface area (Å²) in [5.74, 6) is 0. The quantitative estimate of drug-likeness (QED) is 0.485. The second-order valence-corrected chi connectivity index (χ2v) is 7.88. The van der Waals surface area contributed by atoms with E-state index >= 15 is 0 Å². The highest BCUT2D eigenvalue weighted by Gasteiger charge is 2.34. The maximum Gasteiger partial charge on any atom is 0.412 e. The van der Waals surface area contributed by atoms with Crippen molar-refractivity contribution < 1.29 is 22.2 Å². The average Bonchev–Trinajstić information content (AvgIpc) is 2.25. The maximum atomic E-state index is 12.1. The Hall–Kier alpha value is 0.360. The minimum Gasteiger partial charge on any atom is -0.329 e. The molecule has 17 heavy (non-hydrogen) atoms. The molecule has 0 aliphatic carbocycles. The van der Waals surface area contributed by atoms with E-state index in [2.05, 4.69) is 0 Å². The third-order valence-corrected chi connectivity index (χ3v) is 6.50. The van der Waals surface area contributed by atoms with Crippen molar-refractivity contribution in [2.24, 2.45) is 0 Å². The molecule has 0 amide bonds. The van der Waals surface area contributed by atoms with E-state index in [0.717, 1.165) is 12.8 Å². The van der Waals surface area contributed by atoms with Crippen molar-refractivity contribution >= 4 is 18.3 Å². The average molecular weight is 292 g/mol. The smallest absolute Gasteiger partial charge is 0.329 e. The number of hydrogen-bond donors (Lipinski definition) is 0. The Morgan fingerprint density at radius 1 is 1.24 bits per heavy atom. The van der Waals surface area contributed by atoms with Crippen LogP contribution in [-0.4, -0.2) is 25.0 Å². The Kier molecular flexibility index (Phi) is 7.88. The second-order valence-electron chi connectivity index (χ2n) is 3.87. The first-order valence-corrected chi connectivity index (χ1v) is 8.41. The first-order valence-electron chi connectivity index (χ1n) is 5.70. The van der Waals surface area contributed by atoms with Gasteiger partial charge in [-0.25, -0.2) is 0 Å². The van der Waals surface area contributed by atoms with Crippen molar-refractivity contribution in [2.45, 2.75) is 51.9 Å². The first-order chi connectivity index (χ1) is 7.75. The van der Waals surface area contributed by atoms with E-state index in [4.69, 9.17) is 20.9 Å². The normalized spacial score (nSPS) is 17.8. The lowest BCUT2D eigenvalue weighted by Crippen LogP contribution is -2.19. The molecule has 104 valence electrons. The van der Waals surface area contributed by atoms with Crippen LogP contribution in [0.25, 0.3) is 0 Å². The second kappa shape index (κ2) is 7.72. The van der Waals surface area contributed by atoms with Gasteiger partial charge in [0.15, 0.2) is 6.49 Å². The molecule has 2 nitrogen and oxygen atoms in total. The molecule has 0 fully saturated rings. The lowest BCUT2D eigenvalue weighted by atomic mass is 10.4. The summed E-state index contributed by atoms with van der Waals surface area (Å²) in [7, 11) is 0. The van der Waals surface area contributed by atoms with Crippen molar-refractivity contribution in [3.63, 3.8) is 0 Å². The molecular weight excluding hydrogens is 272 g/mol. The van der Waals surface area contributed by atoms with Gasteiger partial charge in [0.05, 0.1) is 6.61 Å².